The molecule has 1 aromatic heterocycles. The average molecular weight is 416 g/mol. The maximum atomic E-state index is 13.1. The standard InChI is InChI=1S/C16H17F2N2O7P/c1-8-14(21)12(10(5-19-8)7-27-28(24,25)26)6-20-13-4-9(16(22)23)2-3-11(13)15(17)18/h4-5,21H,2-3,6-7H2,1H3,(H,22,23)(H2,24,25,26)/p-2. The van der Waals surface area contributed by atoms with Gasteiger partial charge >= 0.3 is 5.97 Å². The lowest BCUT2D eigenvalue weighted by Crippen LogP contribution is -2.17. The molecule has 0 spiro atoms. The van der Waals surface area contributed by atoms with E-state index in [0.717, 1.165) is 12.3 Å². The summed E-state index contributed by atoms with van der Waals surface area (Å²) in [6, 6.07) is 0. The molecule has 1 heterocycles. The summed E-state index contributed by atoms with van der Waals surface area (Å²) in [6.07, 6.45) is -0.123. The van der Waals surface area contributed by atoms with Crippen LogP contribution >= 0.6 is 7.82 Å². The van der Waals surface area contributed by atoms with Crippen molar-refractivity contribution in [2.75, 3.05) is 0 Å². The van der Waals surface area contributed by atoms with Gasteiger partial charge in [-0.1, -0.05) is 0 Å². The van der Waals surface area contributed by atoms with E-state index in [4.69, 9.17) is 5.11 Å². The highest BCUT2D eigenvalue weighted by Crippen LogP contribution is 2.32. The zero-order valence-corrected chi connectivity index (χ0v) is 15.4. The quantitative estimate of drug-likeness (QED) is 0.658. The Morgan fingerprint density at radius 2 is 2.07 bits per heavy atom. The van der Waals surface area contributed by atoms with Crippen LogP contribution in [0.2, 0.25) is 0 Å². The van der Waals surface area contributed by atoms with Gasteiger partial charge in [0.15, 0.2) is 0 Å². The molecule has 0 aromatic carbocycles. The first-order chi connectivity index (χ1) is 13.0. The molecule has 1 aliphatic rings. The summed E-state index contributed by atoms with van der Waals surface area (Å²) in [5, 5.41) is 19.2. The van der Waals surface area contributed by atoms with Crippen LogP contribution in [0, 0.1) is 6.92 Å². The van der Waals surface area contributed by atoms with Gasteiger partial charge in [-0.3, -0.25) is 9.98 Å². The summed E-state index contributed by atoms with van der Waals surface area (Å²) in [7, 11) is -5.29. The van der Waals surface area contributed by atoms with Crippen LogP contribution in [0.15, 0.2) is 34.5 Å². The second-order valence-corrected chi connectivity index (χ2v) is 6.98. The van der Waals surface area contributed by atoms with Crippen molar-refractivity contribution in [1.29, 1.82) is 0 Å². The second-order valence-electron chi connectivity index (χ2n) is 5.83. The van der Waals surface area contributed by atoms with E-state index in [9.17, 15) is 33.0 Å². The molecule has 0 amide bonds. The highest BCUT2D eigenvalue weighted by atomic mass is 31.2. The second kappa shape index (κ2) is 8.70. The van der Waals surface area contributed by atoms with Gasteiger partial charge in [0.1, 0.15) is 5.75 Å². The number of aryl methyl sites for hydroxylation is 1. The number of carboxylic acids is 1. The monoisotopic (exact) mass is 416 g/mol. The molecule has 0 bridgehead atoms. The Kier molecular flexibility index (Phi) is 6.78. The van der Waals surface area contributed by atoms with Gasteiger partial charge in [0.25, 0.3) is 6.08 Å². The number of aromatic nitrogens is 1. The molecule has 0 unspecified atom stereocenters. The molecule has 28 heavy (non-hydrogen) atoms. The number of carbonyl (C=O) groups is 1. The van der Waals surface area contributed by atoms with Crippen LogP contribution in [-0.4, -0.2) is 26.9 Å². The van der Waals surface area contributed by atoms with Crippen molar-refractivity contribution in [2.45, 2.75) is 32.9 Å². The van der Waals surface area contributed by atoms with Crippen molar-refractivity contribution in [1.82, 2.24) is 4.98 Å². The molecule has 0 atom stereocenters. The van der Waals surface area contributed by atoms with Gasteiger partial charge in [-0.25, -0.2) is 4.79 Å². The first-order valence-corrected chi connectivity index (χ1v) is 9.31. The molecule has 0 saturated carbocycles. The maximum absolute atomic E-state index is 13.1. The predicted molar refractivity (Wildman–Crippen MR) is 88.4 cm³/mol. The van der Waals surface area contributed by atoms with E-state index in [-0.39, 0.29) is 46.7 Å². The number of hydrogen-bond acceptors (Lipinski definition) is 8. The van der Waals surface area contributed by atoms with Crippen molar-refractivity contribution in [2.24, 2.45) is 4.99 Å². The number of hydrogen-bond donors (Lipinski definition) is 2. The molecular weight excluding hydrogens is 401 g/mol. The molecule has 0 fully saturated rings. The predicted octanol–water partition coefficient (Wildman–Crippen LogP) is 1.34. The average Bonchev–Trinajstić information content (AvgIpc) is 2.60. The number of phosphoric acid groups is 1. The minimum atomic E-state index is -5.29. The highest BCUT2D eigenvalue weighted by molar-refractivity contribution is 7.43. The number of allylic oxidation sites excluding steroid dienone is 2. The summed E-state index contributed by atoms with van der Waals surface area (Å²) in [4.78, 5) is 40.2. The molecule has 152 valence electrons. The molecule has 9 nitrogen and oxygen atoms in total. The Morgan fingerprint density at radius 3 is 2.64 bits per heavy atom. The van der Waals surface area contributed by atoms with Crippen molar-refractivity contribution in [3.05, 3.63) is 46.3 Å². The SMILES string of the molecule is Cc1ncc(COP(=O)([O-])[O-])c(CN=C2C=C(C(=O)O)CCC2=C(F)F)c1O. The topological polar surface area (TPSA) is 155 Å². The van der Waals surface area contributed by atoms with Gasteiger partial charge in [0.05, 0.1) is 32.4 Å². The van der Waals surface area contributed by atoms with Crippen LogP contribution in [0.3, 0.4) is 0 Å². The fourth-order valence-electron chi connectivity index (χ4n) is 2.51. The van der Waals surface area contributed by atoms with E-state index in [1.165, 1.54) is 6.92 Å². The smallest absolute Gasteiger partial charge is 0.331 e. The van der Waals surface area contributed by atoms with Crippen LogP contribution in [0.5, 0.6) is 5.75 Å². The zero-order chi connectivity index (χ0) is 21.1. The van der Waals surface area contributed by atoms with E-state index in [1.807, 2.05) is 0 Å². The van der Waals surface area contributed by atoms with Crippen LogP contribution in [0.4, 0.5) is 8.78 Å². The number of pyridine rings is 1. The largest absolute Gasteiger partial charge is 0.790 e. The molecule has 0 aliphatic heterocycles. The Balaban J connectivity index is 2.43. The van der Waals surface area contributed by atoms with Crippen LogP contribution in [0.25, 0.3) is 0 Å². The number of rotatable bonds is 6. The highest BCUT2D eigenvalue weighted by Gasteiger charge is 2.22. The third-order valence-corrected chi connectivity index (χ3v) is 4.43. The number of aliphatic carboxylic acids is 1. The van der Waals surface area contributed by atoms with E-state index in [0.29, 0.717) is 0 Å². The lowest BCUT2D eigenvalue weighted by Gasteiger charge is -2.28. The number of carboxylic acid groups (broad SMARTS) is 1. The third kappa shape index (κ3) is 5.52. The van der Waals surface area contributed by atoms with E-state index >= 15 is 0 Å². The van der Waals surface area contributed by atoms with Gasteiger partial charge in [0.2, 0.25) is 0 Å². The van der Waals surface area contributed by atoms with Crippen molar-refractivity contribution in [3.8, 4) is 5.75 Å². The minimum Gasteiger partial charge on any atom is -0.790 e. The molecule has 1 aliphatic carbocycles. The molecular formula is C16H15F2N2O7P-2. The van der Waals surface area contributed by atoms with Gasteiger partial charge in [-0.2, -0.15) is 8.78 Å². The Hall–Kier alpha value is -2.46. The number of phosphoric ester groups is 1. The van der Waals surface area contributed by atoms with Gasteiger partial charge in [0, 0.05) is 28.5 Å². The molecule has 0 saturated heterocycles. The lowest BCUT2D eigenvalue weighted by atomic mass is 9.93. The Morgan fingerprint density at radius 1 is 1.39 bits per heavy atom. The maximum Gasteiger partial charge on any atom is 0.331 e. The van der Waals surface area contributed by atoms with Crippen LogP contribution < -0.4 is 9.79 Å². The zero-order valence-electron chi connectivity index (χ0n) is 14.5. The summed E-state index contributed by atoms with van der Waals surface area (Å²) < 4.78 is 41.1. The lowest BCUT2D eigenvalue weighted by molar-refractivity contribution is -0.342. The molecule has 12 heteroatoms. The first-order valence-electron chi connectivity index (χ1n) is 7.85. The third-order valence-electron chi connectivity index (χ3n) is 3.98. The van der Waals surface area contributed by atoms with Crippen LogP contribution in [0.1, 0.15) is 29.7 Å². The van der Waals surface area contributed by atoms with Crippen LogP contribution in [-0.2, 0) is 27.0 Å². The Bertz CT molecular complexity index is 933. The molecule has 0 radical (unpaired) electrons. The van der Waals surface area contributed by atoms with Crippen molar-refractivity contribution in [3.63, 3.8) is 0 Å². The summed E-state index contributed by atoms with van der Waals surface area (Å²) in [6.45, 7) is 0.325. The van der Waals surface area contributed by atoms with E-state index in [1.54, 1.807) is 0 Å². The Labute approximate surface area is 158 Å². The number of nitrogens with zero attached hydrogens (tertiary/aromatic N) is 2. The normalized spacial score (nSPS) is 16.2. The fraction of sp³-hybridized carbons (Fsp3) is 0.312. The summed E-state index contributed by atoms with van der Waals surface area (Å²) in [5.41, 5.74) is -0.587. The van der Waals surface area contributed by atoms with Gasteiger partial charge < -0.3 is 29.1 Å². The molecule has 2 rings (SSSR count). The van der Waals surface area contributed by atoms with E-state index < -0.39 is 38.6 Å². The van der Waals surface area contributed by atoms with Gasteiger partial charge in [-0.15, -0.1) is 0 Å². The summed E-state index contributed by atoms with van der Waals surface area (Å²) >= 11 is 0. The number of aliphatic imine (C=N–C) groups is 1. The van der Waals surface area contributed by atoms with Crippen molar-refractivity contribution >= 4 is 19.5 Å². The van der Waals surface area contributed by atoms with Gasteiger partial charge in [-0.05, 0) is 25.8 Å². The minimum absolute atomic E-state index is 0.0166. The van der Waals surface area contributed by atoms with E-state index in [2.05, 4.69) is 14.5 Å². The van der Waals surface area contributed by atoms with Crippen molar-refractivity contribution < 1.29 is 42.7 Å². The number of halogens is 2. The number of aromatic hydroxyl groups is 1. The first kappa shape index (κ1) is 21.8. The molecule has 1 aromatic rings. The summed E-state index contributed by atoms with van der Waals surface area (Å²) in [5.74, 6) is -1.63. The fourth-order valence-corrected chi connectivity index (χ4v) is 2.81. The molecule has 2 N–H and O–H groups in total.